The molecule has 8 nitrogen and oxygen atoms in total. The van der Waals surface area contributed by atoms with Gasteiger partial charge < -0.3 is 19.4 Å². The lowest BCUT2D eigenvalue weighted by Crippen LogP contribution is -2.57. The maximum Gasteiger partial charge on any atom is 0.434 e. The Balaban J connectivity index is 1.12. The predicted octanol–water partition coefficient (Wildman–Crippen LogP) is 6.03. The quantitative estimate of drug-likeness (QED) is 0.356. The summed E-state index contributed by atoms with van der Waals surface area (Å²) in [5, 5.41) is 4.03. The number of para-hydroxylation sites is 1. The summed E-state index contributed by atoms with van der Waals surface area (Å²) >= 11 is 0. The molecule has 4 aliphatic rings. The zero-order valence-corrected chi connectivity index (χ0v) is 25.4. The lowest BCUT2D eigenvalue weighted by atomic mass is 9.68. The zero-order chi connectivity index (χ0) is 31.3. The van der Waals surface area contributed by atoms with Crippen molar-refractivity contribution in [2.75, 3.05) is 26.2 Å². The lowest BCUT2D eigenvalue weighted by Gasteiger charge is -2.51. The topological polar surface area (TPSA) is 70.9 Å². The number of alkyl halides is 3. The molecule has 2 amide bonds. The van der Waals surface area contributed by atoms with Gasteiger partial charge >= 0.3 is 12.3 Å². The van der Waals surface area contributed by atoms with Gasteiger partial charge in [0.2, 0.25) is 0 Å². The lowest BCUT2D eigenvalue weighted by molar-refractivity contribution is -0.143. The smallest absolute Gasteiger partial charge is 0.434 e. The largest absolute Gasteiger partial charge is 0.450 e. The molecule has 11 heteroatoms. The number of likely N-dealkylation sites (tertiary alicyclic amines) is 1. The van der Waals surface area contributed by atoms with E-state index in [1.807, 2.05) is 30.0 Å². The fourth-order valence-electron chi connectivity index (χ4n) is 8.43. The van der Waals surface area contributed by atoms with Crippen LogP contribution in [-0.4, -0.2) is 80.8 Å². The number of amides is 2. The molecule has 0 aliphatic carbocycles. The Morgan fingerprint density at radius 3 is 2.29 bits per heavy atom. The molecule has 3 fully saturated rings. The number of carbonyl (C=O) groups excluding carboxylic acids is 2. The Labute approximate surface area is 260 Å². The Morgan fingerprint density at radius 1 is 0.956 bits per heavy atom. The molecule has 4 aliphatic heterocycles. The molecule has 2 unspecified atom stereocenters. The van der Waals surface area contributed by atoms with E-state index < -0.39 is 23.3 Å². The fourth-order valence-corrected chi connectivity index (χ4v) is 8.43. The number of ether oxygens (including phenoxy) is 1. The van der Waals surface area contributed by atoms with E-state index in [9.17, 15) is 22.8 Å². The van der Waals surface area contributed by atoms with Gasteiger partial charge in [-0.25, -0.2) is 9.48 Å². The highest BCUT2D eigenvalue weighted by Gasteiger charge is 2.49. The molecule has 0 saturated carbocycles. The Hall–Kier alpha value is -3.86. The van der Waals surface area contributed by atoms with Crippen molar-refractivity contribution in [3.05, 3.63) is 83.2 Å². The van der Waals surface area contributed by atoms with Crippen LogP contribution in [0.15, 0.2) is 60.8 Å². The summed E-state index contributed by atoms with van der Waals surface area (Å²) in [5.41, 5.74) is 0.599. The van der Waals surface area contributed by atoms with Crippen LogP contribution in [0.2, 0.25) is 0 Å². The molecule has 2 bridgehead atoms. The van der Waals surface area contributed by atoms with Crippen molar-refractivity contribution in [1.82, 2.24) is 24.5 Å². The van der Waals surface area contributed by atoms with E-state index in [0.717, 1.165) is 68.1 Å². The molecule has 238 valence electrons. The van der Waals surface area contributed by atoms with Crippen molar-refractivity contribution in [3.8, 4) is 5.69 Å². The first-order valence-corrected chi connectivity index (χ1v) is 16.0. The Kier molecular flexibility index (Phi) is 7.62. The van der Waals surface area contributed by atoms with Crippen molar-refractivity contribution in [3.63, 3.8) is 0 Å². The van der Waals surface area contributed by atoms with E-state index in [-0.39, 0.29) is 35.8 Å². The number of halogens is 3. The van der Waals surface area contributed by atoms with Gasteiger partial charge in [-0.15, -0.1) is 0 Å². The number of hydrogen-bond acceptors (Lipinski definition) is 5. The van der Waals surface area contributed by atoms with Crippen molar-refractivity contribution in [2.45, 2.75) is 81.7 Å². The minimum atomic E-state index is -4.77. The van der Waals surface area contributed by atoms with E-state index >= 15 is 0 Å². The molecule has 0 radical (unpaired) electrons. The average molecular weight is 622 g/mol. The van der Waals surface area contributed by atoms with Gasteiger partial charge in [0.15, 0.2) is 5.69 Å². The molecule has 3 saturated heterocycles. The van der Waals surface area contributed by atoms with Crippen molar-refractivity contribution < 1.29 is 27.5 Å². The van der Waals surface area contributed by atoms with Crippen LogP contribution in [0.3, 0.4) is 0 Å². The summed E-state index contributed by atoms with van der Waals surface area (Å²) < 4.78 is 49.5. The third-order valence-corrected chi connectivity index (χ3v) is 10.5. The summed E-state index contributed by atoms with van der Waals surface area (Å²) in [6, 6.07) is 16.9. The fraction of sp³-hybridized carbons (Fsp3) is 0.500. The van der Waals surface area contributed by atoms with Gasteiger partial charge in [-0.05, 0) is 81.8 Å². The molecule has 1 spiro atoms. The van der Waals surface area contributed by atoms with Crippen LogP contribution in [0, 0.1) is 0 Å². The van der Waals surface area contributed by atoms with Gasteiger partial charge in [0, 0.05) is 36.6 Å². The summed E-state index contributed by atoms with van der Waals surface area (Å²) in [6.07, 6.45) is 1.55. The number of rotatable bonds is 4. The second kappa shape index (κ2) is 11.5. The summed E-state index contributed by atoms with van der Waals surface area (Å²) in [6.45, 7) is 4.49. The average Bonchev–Trinajstić information content (AvgIpc) is 3.61. The van der Waals surface area contributed by atoms with Crippen molar-refractivity contribution in [1.29, 1.82) is 0 Å². The number of benzene rings is 2. The van der Waals surface area contributed by atoms with E-state index in [4.69, 9.17) is 4.74 Å². The van der Waals surface area contributed by atoms with E-state index in [1.165, 1.54) is 5.56 Å². The Morgan fingerprint density at radius 2 is 1.62 bits per heavy atom. The second-order valence-electron chi connectivity index (χ2n) is 12.9. The third kappa shape index (κ3) is 5.28. The molecule has 0 N–H and O–H groups in total. The highest BCUT2D eigenvalue weighted by atomic mass is 19.4. The van der Waals surface area contributed by atoms with E-state index in [1.54, 1.807) is 35.2 Å². The number of piperidine rings is 2. The standard InChI is InChI=1S/C34H38F3N5O3/c1-2-45-32(44)41-25-12-13-26(41)19-27(18-25)39-16-14-33(15-17-39)22-40(21-23-8-6-7-11-29(23)33)31(43)28-20-38-42(30(28)34(35,36)37)24-9-4-3-5-10-24/h3-11,20,25-27H,2,12-19,21-22H2,1H3. The number of fused-ring (bicyclic) bond motifs is 4. The third-order valence-electron chi connectivity index (χ3n) is 10.5. The monoisotopic (exact) mass is 621 g/mol. The summed E-state index contributed by atoms with van der Waals surface area (Å²) in [4.78, 5) is 32.7. The van der Waals surface area contributed by atoms with Crippen molar-refractivity contribution in [2.24, 2.45) is 0 Å². The van der Waals surface area contributed by atoms with Gasteiger partial charge in [-0.3, -0.25) is 4.79 Å². The van der Waals surface area contributed by atoms with Crippen LogP contribution in [0.5, 0.6) is 0 Å². The number of hydrogen-bond donors (Lipinski definition) is 0. The number of nitrogens with zero attached hydrogens (tertiary/aromatic N) is 5. The minimum absolute atomic E-state index is 0.201. The molecule has 1 aromatic heterocycles. The second-order valence-corrected chi connectivity index (χ2v) is 12.9. The molecule has 2 aromatic carbocycles. The van der Waals surface area contributed by atoms with Crippen LogP contribution >= 0.6 is 0 Å². The molecule has 45 heavy (non-hydrogen) atoms. The van der Waals surface area contributed by atoms with Gasteiger partial charge in [0.05, 0.1) is 24.1 Å². The van der Waals surface area contributed by atoms with Crippen LogP contribution in [0.25, 0.3) is 5.69 Å². The number of aromatic nitrogens is 2. The highest BCUT2D eigenvalue weighted by molar-refractivity contribution is 5.95. The first-order chi connectivity index (χ1) is 21.7. The van der Waals surface area contributed by atoms with Crippen LogP contribution in [0.4, 0.5) is 18.0 Å². The van der Waals surface area contributed by atoms with E-state index in [2.05, 4.69) is 16.1 Å². The highest BCUT2D eigenvalue weighted by Crippen LogP contribution is 2.45. The van der Waals surface area contributed by atoms with Gasteiger partial charge in [-0.2, -0.15) is 18.3 Å². The minimum Gasteiger partial charge on any atom is -0.450 e. The predicted molar refractivity (Wildman–Crippen MR) is 161 cm³/mol. The number of carbonyl (C=O) groups is 2. The van der Waals surface area contributed by atoms with Gasteiger partial charge in [-0.1, -0.05) is 42.5 Å². The van der Waals surface area contributed by atoms with Crippen molar-refractivity contribution >= 4 is 12.0 Å². The maximum atomic E-state index is 14.5. The molecular formula is C34H38F3N5O3. The molecule has 3 aromatic rings. The van der Waals surface area contributed by atoms with Crippen LogP contribution in [0.1, 0.15) is 72.6 Å². The summed E-state index contributed by atoms with van der Waals surface area (Å²) in [5.74, 6) is -0.649. The van der Waals surface area contributed by atoms with E-state index in [0.29, 0.717) is 19.2 Å². The first kappa shape index (κ1) is 29.8. The molecule has 7 rings (SSSR count). The zero-order valence-electron chi connectivity index (χ0n) is 25.4. The van der Waals surface area contributed by atoms with Crippen LogP contribution < -0.4 is 0 Å². The summed E-state index contributed by atoms with van der Waals surface area (Å²) in [7, 11) is 0. The SMILES string of the molecule is CCOC(=O)N1C2CCC1CC(N1CCC3(CC1)CN(C(=O)c1cnn(-c4ccccc4)c1C(F)(F)F)Cc1ccccc13)C2. The van der Waals surface area contributed by atoms with Crippen LogP contribution in [-0.2, 0) is 22.9 Å². The maximum absolute atomic E-state index is 14.5. The first-order valence-electron chi connectivity index (χ1n) is 16.0. The van der Waals surface area contributed by atoms with Gasteiger partial charge in [0.25, 0.3) is 5.91 Å². The molecule has 2 atom stereocenters. The molecule has 5 heterocycles. The normalized spacial score (nSPS) is 24.5. The molecular weight excluding hydrogens is 583 g/mol. The Bertz CT molecular complexity index is 1550. The van der Waals surface area contributed by atoms with Gasteiger partial charge in [0.1, 0.15) is 0 Å².